The molecule has 0 aliphatic carbocycles. The van der Waals surface area contributed by atoms with Gasteiger partial charge in [-0.2, -0.15) is 10.5 Å². The molecule has 0 saturated heterocycles. The molecular formula is C26H27N5O2S. The molecule has 174 valence electrons. The molecule has 8 heteroatoms. The van der Waals surface area contributed by atoms with Crippen molar-refractivity contribution in [3.63, 3.8) is 0 Å². The highest BCUT2D eigenvalue weighted by molar-refractivity contribution is 7.99. The Morgan fingerprint density at radius 1 is 1.09 bits per heavy atom. The van der Waals surface area contributed by atoms with Crippen molar-refractivity contribution in [2.24, 2.45) is 0 Å². The molecule has 2 aromatic carbocycles. The van der Waals surface area contributed by atoms with Crippen molar-refractivity contribution in [2.75, 3.05) is 18.8 Å². The fourth-order valence-electron chi connectivity index (χ4n) is 3.57. The van der Waals surface area contributed by atoms with E-state index in [1.807, 2.05) is 42.5 Å². The fourth-order valence-corrected chi connectivity index (χ4v) is 4.49. The van der Waals surface area contributed by atoms with E-state index in [0.717, 1.165) is 6.42 Å². The third kappa shape index (κ3) is 5.84. The number of benzene rings is 2. The summed E-state index contributed by atoms with van der Waals surface area (Å²) in [6.45, 7) is 4.84. The lowest BCUT2D eigenvalue weighted by molar-refractivity contribution is -0.128. The third-order valence-electron chi connectivity index (χ3n) is 5.74. The minimum Gasteiger partial charge on any atom is -0.340 e. The predicted molar refractivity (Wildman–Crippen MR) is 134 cm³/mol. The zero-order chi connectivity index (χ0) is 24.5. The number of hydrogen-bond acceptors (Lipinski definition) is 6. The molecule has 0 aliphatic rings. The second-order valence-electron chi connectivity index (χ2n) is 7.94. The van der Waals surface area contributed by atoms with Crippen LogP contribution >= 0.6 is 11.8 Å². The Morgan fingerprint density at radius 2 is 1.74 bits per heavy atom. The highest BCUT2D eigenvalue weighted by atomic mass is 32.2. The lowest BCUT2D eigenvalue weighted by Crippen LogP contribution is -2.34. The van der Waals surface area contributed by atoms with Gasteiger partial charge in [-0.1, -0.05) is 49.9 Å². The Balaban J connectivity index is 1.96. The molecule has 1 unspecified atom stereocenters. The zero-order valence-electron chi connectivity index (χ0n) is 19.4. The monoisotopic (exact) mass is 473 g/mol. The number of para-hydroxylation sites is 1. The van der Waals surface area contributed by atoms with Crippen molar-refractivity contribution in [2.45, 2.75) is 44.2 Å². The average molecular weight is 474 g/mol. The van der Waals surface area contributed by atoms with Crippen LogP contribution in [0.15, 0.2) is 58.5 Å². The van der Waals surface area contributed by atoms with Crippen molar-refractivity contribution >= 4 is 28.6 Å². The van der Waals surface area contributed by atoms with Gasteiger partial charge in [0.2, 0.25) is 5.91 Å². The van der Waals surface area contributed by atoms with E-state index in [1.165, 1.54) is 22.2 Å². The summed E-state index contributed by atoms with van der Waals surface area (Å²) in [6, 6.07) is 19.1. The molecule has 0 bridgehead atoms. The summed E-state index contributed by atoms with van der Waals surface area (Å²) in [6.07, 6.45) is 1.42. The summed E-state index contributed by atoms with van der Waals surface area (Å²) in [7, 11) is 0. The van der Waals surface area contributed by atoms with E-state index in [4.69, 9.17) is 15.5 Å². The van der Waals surface area contributed by atoms with Gasteiger partial charge in [-0.05, 0) is 42.2 Å². The van der Waals surface area contributed by atoms with E-state index < -0.39 is 0 Å². The van der Waals surface area contributed by atoms with Crippen molar-refractivity contribution in [3.05, 3.63) is 64.4 Å². The molecule has 1 atom stereocenters. The lowest BCUT2D eigenvalue weighted by atomic mass is 9.98. The number of carbonyl (C=O) groups is 1. The SMILES string of the molecule is CCC(C)c1ccc(-n2c(SCC(=O)N(CCC#N)CCC#N)nc3ccccc3c2=O)cc1. The van der Waals surface area contributed by atoms with Crippen LogP contribution in [0.2, 0.25) is 0 Å². The molecular weight excluding hydrogens is 446 g/mol. The van der Waals surface area contributed by atoms with Crippen molar-refractivity contribution in [3.8, 4) is 17.8 Å². The van der Waals surface area contributed by atoms with E-state index in [0.29, 0.717) is 27.7 Å². The van der Waals surface area contributed by atoms with E-state index in [-0.39, 0.29) is 43.2 Å². The van der Waals surface area contributed by atoms with Crippen LogP contribution in [0, 0.1) is 22.7 Å². The van der Waals surface area contributed by atoms with Crippen LogP contribution in [0.4, 0.5) is 0 Å². The van der Waals surface area contributed by atoms with Gasteiger partial charge in [0.1, 0.15) is 0 Å². The molecule has 0 aliphatic heterocycles. The molecule has 0 N–H and O–H groups in total. The number of aromatic nitrogens is 2. The minimum absolute atomic E-state index is 0.0482. The number of rotatable bonds is 10. The summed E-state index contributed by atoms with van der Waals surface area (Å²) in [5, 5.41) is 18.7. The molecule has 7 nitrogen and oxygen atoms in total. The average Bonchev–Trinajstić information content (AvgIpc) is 2.87. The molecule has 34 heavy (non-hydrogen) atoms. The number of nitriles is 2. The van der Waals surface area contributed by atoms with Crippen LogP contribution in [0.3, 0.4) is 0 Å². The van der Waals surface area contributed by atoms with Crippen LogP contribution in [-0.4, -0.2) is 39.2 Å². The first-order chi connectivity index (χ1) is 16.5. The summed E-state index contributed by atoms with van der Waals surface area (Å²) in [5.74, 6) is 0.267. The minimum atomic E-state index is -0.198. The molecule has 1 heterocycles. The fraction of sp³-hybridized carbons (Fsp3) is 0.346. The Kier molecular flexibility index (Phi) is 8.84. The van der Waals surface area contributed by atoms with Crippen molar-refractivity contribution < 1.29 is 4.79 Å². The Labute approximate surface area is 203 Å². The van der Waals surface area contributed by atoms with E-state index in [2.05, 4.69) is 13.8 Å². The van der Waals surface area contributed by atoms with E-state index >= 15 is 0 Å². The van der Waals surface area contributed by atoms with Gasteiger partial charge in [-0.3, -0.25) is 14.2 Å². The maximum absolute atomic E-state index is 13.4. The Morgan fingerprint density at radius 3 is 2.35 bits per heavy atom. The molecule has 0 fully saturated rings. The highest BCUT2D eigenvalue weighted by Crippen LogP contribution is 2.24. The van der Waals surface area contributed by atoms with Crippen LogP contribution in [0.5, 0.6) is 0 Å². The number of nitrogens with zero attached hydrogens (tertiary/aromatic N) is 5. The van der Waals surface area contributed by atoms with Crippen LogP contribution < -0.4 is 5.56 Å². The predicted octanol–water partition coefficient (Wildman–Crippen LogP) is 4.65. The zero-order valence-corrected chi connectivity index (χ0v) is 20.2. The molecule has 0 radical (unpaired) electrons. The van der Waals surface area contributed by atoms with Crippen molar-refractivity contribution in [1.29, 1.82) is 10.5 Å². The largest absolute Gasteiger partial charge is 0.340 e. The molecule has 1 amide bonds. The van der Waals surface area contributed by atoms with Gasteiger partial charge in [-0.15, -0.1) is 0 Å². The first-order valence-corrected chi connectivity index (χ1v) is 12.2. The topological polar surface area (TPSA) is 103 Å². The third-order valence-corrected chi connectivity index (χ3v) is 6.67. The summed E-state index contributed by atoms with van der Waals surface area (Å²) in [4.78, 5) is 32.5. The maximum Gasteiger partial charge on any atom is 0.266 e. The smallest absolute Gasteiger partial charge is 0.266 e. The van der Waals surface area contributed by atoms with Crippen LogP contribution in [0.1, 0.15) is 44.6 Å². The van der Waals surface area contributed by atoms with Gasteiger partial charge in [0.15, 0.2) is 5.16 Å². The van der Waals surface area contributed by atoms with Gasteiger partial charge < -0.3 is 4.90 Å². The number of carbonyl (C=O) groups excluding carboxylic acids is 1. The molecule has 3 aromatic rings. The van der Waals surface area contributed by atoms with Gasteiger partial charge in [0.25, 0.3) is 5.56 Å². The summed E-state index contributed by atoms with van der Waals surface area (Å²) >= 11 is 1.18. The normalized spacial score (nSPS) is 11.5. The number of fused-ring (bicyclic) bond motifs is 1. The lowest BCUT2D eigenvalue weighted by Gasteiger charge is -2.20. The highest BCUT2D eigenvalue weighted by Gasteiger charge is 2.18. The summed E-state index contributed by atoms with van der Waals surface area (Å²) in [5.41, 5.74) is 2.27. The van der Waals surface area contributed by atoms with Crippen molar-refractivity contribution in [1.82, 2.24) is 14.5 Å². The standard InChI is InChI=1S/C26H27N5O2S/c1-3-19(2)20-10-12-21(13-11-20)31-25(33)22-8-4-5-9-23(22)29-26(31)34-18-24(32)30(16-6-14-27)17-7-15-28/h4-5,8-13,19H,3,6-7,16-18H2,1-2H3. The maximum atomic E-state index is 13.4. The Hall–Kier alpha value is -3.62. The molecule has 0 saturated carbocycles. The van der Waals surface area contributed by atoms with Gasteiger partial charge >= 0.3 is 0 Å². The number of hydrogen-bond donors (Lipinski definition) is 0. The van der Waals surface area contributed by atoms with E-state index in [9.17, 15) is 9.59 Å². The van der Waals surface area contributed by atoms with Gasteiger partial charge in [0, 0.05) is 13.1 Å². The molecule has 3 rings (SSSR count). The molecule has 0 spiro atoms. The van der Waals surface area contributed by atoms with E-state index in [1.54, 1.807) is 22.8 Å². The first-order valence-electron chi connectivity index (χ1n) is 11.3. The number of amides is 1. The number of thioether (sulfide) groups is 1. The van der Waals surface area contributed by atoms with Crippen LogP contribution in [0.25, 0.3) is 16.6 Å². The Bertz CT molecular complexity index is 1270. The first kappa shape index (κ1) is 25.0. The van der Waals surface area contributed by atoms with Crippen LogP contribution in [-0.2, 0) is 4.79 Å². The van der Waals surface area contributed by atoms with Gasteiger partial charge in [-0.25, -0.2) is 4.98 Å². The second kappa shape index (κ2) is 12.0. The van der Waals surface area contributed by atoms with Gasteiger partial charge in [0.05, 0.1) is 47.3 Å². The quantitative estimate of drug-likeness (QED) is 0.314. The molecule has 1 aromatic heterocycles. The summed E-state index contributed by atoms with van der Waals surface area (Å²) < 4.78 is 1.55. The second-order valence-corrected chi connectivity index (χ2v) is 8.88.